The first-order valence-electron chi connectivity index (χ1n) is 7.69. The molecular formula is C16H17FN4O2. The number of benzene rings is 1. The molecule has 1 atom stereocenters. The normalized spacial score (nSPS) is 20.3. The van der Waals surface area contributed by atoms with E-state index in [0.29, 0.717) is 22.5 Å². The number of nitrogens with zero attached hydrogens (tertiary/aromatic N) is 2. The summed E-state index contributed by atoms with van der Waals surface area (Å²) in [5, 5.41) is 17.9. The average molecular weight is 316 g/mol. The number of aliphatic hydroxyl groups is 1. The van der Waals surface area contributed by atoms with Crippen LogP contribution in [0.15, 0.2) is 18.2 Å². The fraction of sp³-hybridized carbons (Fsp3) is 0.375. The van der Waals surface area contributed by atoms with Gasteiger partial charge in [-0.05, 0) is 37.9 Å². The Balaban J connectivity index is 1.91. The van der Waals surface area contributed by atoms with Crippen LogP contribution in [-0.2, 0) is 0 Å². The molecule has 4 N–H and O–H groups in total. The number of para-hydroxylation sites is 1. The third kappa shape index (κ3) is 2.00. The highest BCUT2D eigenvalue weighted by atomic mass is 19.1. The van der Waals surface area contributed by atoms with Gasteiger partial charge in [-0.3, -0.25) is 4.79 Å². The molecule has 2 aliphatic heterocycles. The smallest absolute Gasteiger partial charge is 0.250 e. The Morgan fingerprint density at radius 3 is 2.83 bits per heavy atom. The van der Waals surface area contributed by atoms with Crippen molar-refractivity contribution in [2.75, 3.05) is 13.1 Å². The summed E-state index contributed by atoms with van der Waals surface area (Å²) in [5.74, 6) is -1.18. The van der Waals surface area contributed by atoms with Crippen molar-refractivity contribution in [1.29, 1.82) is 0 Å². The number of aliphatic hydroxyl groups excluding tert-OH is 1. The molecular weight excluding hydrogens is 299 g/mol. The number of halogens is 1. The van der Waals surface area contributed by atoms with Gasteiger partial charge in [-0.15, -0.1) is 5.10 Å². The van der Waals surface area contributed by atoms with Gasteiger partial charge in [0, 0.05) is 11.1 Å². The van der Waals surface area contributed by atoms with Gasteiger partial charge in [0.25, 0.3) is 5.91 Å². The molecule has 120 valence electrons. The summed E-state index contributed by atoms with van der Waals surface area (Å²) in [6.45, 7) is 1.62. The number of rotatable bonds is 2. The van der Waals surface area contributed by atoms with E-state index in [9.17, 15) is 14.3 Å². The molecule has 0 spiro atoms. The van der Waals surface area contributed by atoms with Gasteiger partial charge in [0.2, 0.25) is 5.95 Å². The second-order valence-corrected chi connectivity index (χ2v) is 6.04. The molecule has 6 nitrogen and oxygen atoms in total. The van der Waals surface area contributed by atoms with Crippen molar-refractivity contribution >= 4 is 5.91 Å². The summed E-state index contributed by atoms with van der Waals surface area (Å²) in [5.41, 5.74) is 7.47. The van der Waals surface area contributed by atoms with Crippen molar-refractivity contribution < 1.29 is 14.3 Å². The first kappa shape index (κ1) is 14.3. The van der Waals surface area contributed by atoms with Gasteiger partial charge in [-0.2, -0.15) is 4.39 Å². The van der Waals surface area contributed by atoms with E-state index in [1.165, 1.54) is 4.68 Å². The maximum absolute atomic E-state index is 14.5. The van der Waals surface area contributed by atoms with E-state index < -0.39 is 18.0 Å². The lowest BCUT2D eigenvalue weighted by molar-refractivity contribution is 0.1000. The predicted molar refractivity (Wildman–Crippen MR) is 80.9 cm³/mol. The number of amides is 1. The fourth-order valence-electron chi connectivity index (χ4n) is 3.70. The zero-order valence-electron chi connectivity index (χ0n) is 12.4. The van der Waals surface area contributed by atoms with Crippen molar-refractivity contribution in [3.05, 3.63) is 46.5 Å². The summed E-state index contributed by atoms with van der Waals surface area (Å²) in [4.78, 5) is 11.7. The first-order chi connectivity index (χ1) is 11.1. The molecule has 3 heterocycles. The average Bonchev–Trinajstić information content (AvgIpc) is 3.03. The minimum Gasteiger partial charge on any atom is -0.382 e. The summed E-state index contributed by atoms with van der Waals surface area (Å²) in [7, 11) is 0. The lowest BCUT2D eigenvalue weighted by Gasteiger charge is -2.23. The van der Waals surface area contributed by atoms with Crippen molar-refractivity contribution in [3.63, 3.8) is 0 Å². The third-order valence-electron chi connectivity index (χ3n) is 4.76. The molecule has 1 unspecified atom stereocenters. The molecule has 1 fully saturated rings. The number of piperidine rings is 1. The van der Waals surface area contributed by atoms with Crippen LogP contribution < -0.4 is 11.1 Å². The maximum Gasteiger partial charge on any atom is 0.250 e. The van der Waals surface area contributed by atoms with Crippen molar-refractivity contribution in [3.8, 4) is 5.69 Å². The molecule has 0 radical (unpaired) electrons. The summed E-state index contributed by atoms with van der Waals surface area (Å²) in [6, 6.07) is 4.94. The van der Waals surface area contributed by atoms with Crippen LogP contribution in [0.2, 0.25) is 0 Å². The van der Waals surface area contributed by atoms with E-state index in [1.54, 1.807) is 18.2 Å². The Bertz CT molecular complexity index is 796. The third-order valence-corrected chi connectivity index (χ3v) is 4.76. The number of fused-ring (bicyclic) bond motifs is 3. The molecule has 1 aromatic carbocycles. The molecule has 0 bridgehead atoms. The number of aromatic nitrogens is 2. The fourth-order valence-corrected chi connectivity index (χ4v) is 3.70. The molecule has 1 aromatic heterocycles. The second kappa shape index (κ2) is 5.14. The molecule has 2 aliphatic rings. The topological polar surface area (TPSA) is 93.2 Å². The molecule has 1 saturated heterocycles. The Hall–Kier alpha value is -2.25. The Morgan fingerprint density at radius 2 is 2.13 bits per heavy atom. The van der Waals surface area contributed by atoms with Gasteiger partial charge in [-0.25, -0.2) is 4.68 Å². The van der Waals surface area contributed by atoms with Crippen LogP contribution in [0.25, 0.3) is 5.69 Å². The summed E-state index contributed by atoms with van der Waals surface area (Å²) < 4.78 is 15.9. The lowest BCUT2D eigenvalue weighted by Crippen LogP contribution is -2.27. The quantitative estimate of drug-likeness (QED) is 0.770. The van der Waals surface area contributed by atoms with Crippen LogP contribution in [0.4, 0.5) is 4.39 Å². The summed E-state index contributed by atoms with van der Waals surface area (Å²) >= 11 is 0. The molecule has 7 heteroatoms. The van der Waals surface area contributed by atoms with Crippen molar-refractivity contribution in [2.24, 2.45) is 5.73 Å². The zero-order valence-corrected chi connectivity index (χ0v) is 12.4. The van der Waals surface area contributed by atoms with E-state index in [-0.39, 0.29) is 11.5 Å². The Kier molecular flexibility index (Phi) is 3.21. The summed E-state index contributed by atoms with van der Waals surface area (Å²) in [6.07, 6.45) is 0.592. The van der Waals surface area contributed by atoms with Crippen molar-refractivity contribution in [2.45, 2.75) is 24.9 Å². The minimum atomic E-state index is -0.994. The number of nitrogens with one attached hydrogen (secondary N) is 1. The standard InChI is InChI=1S/C16H17FN4O2/c17-15-11(8-4-6-19-7-5-8)13-14(22)9-2-1-3-10(16(18)23)12(9)21(13)20-15/h1-3,8,14,19,22H,4-7H2,(H2,18,23). The van der Waals surface area contributed by atoms with E-state index in [4.69, 9.17) is 5.73 Å². The zero-order chi connectivity index (χ0) is 16.1. The van der Waals surface area contributed by atoms with E-state index >= 15 is 0 Å². The highest BCUT2D eigenvalue weighted by Crippen LogP contribution is 2.43. The molecule has 4 rings (SSSR count). The van der Waals surface area contributed by atoms with E-state index in [2.05, 4.69) is 10.4 Å². The lowest BCUT2D eigenvalue weighted by atomic mass is 9.88. The van der Waals surface area contributed by atoms with Gasteiger partial charge in [0.05, 0.1) is 16.9 Å². The number of carbonyl (C=O) groups excluding carboxylic acids is 1. The number of hydrogen-bond donors (Lipinski definition) is 3. The Labute approximate surface area is 132 Å². The van der Waals surface area contributed by atoms with Crippen LogP contribution in [0, 0.1) is 5.95 Å². The van der Waals surface area contributed by atoms with E-state index in [0.717, 1.165) is 25.9 Å². The van der Waals surface area contributed by atoms with Crippen LogP contribution in [0.3, 0.4) is 0 Å². The van der Waals surface area contributed by atoms with Crippen molar-refractivity contribution in [1.82, 2.24) is 15.1 Å². The maximum atomic E-state index is 14.5. The van der Waals surface area contributed by atoms with Gasteiger partial charge in [0.1, 0.15) is 6.10 Å². The largest absolute Gasteiger partial charge is 0.382 e. The molecule has 0 aliphatic carbocycles. The highest BCUT2D eigenvalue weighted by Gasteiger charge is 2.38. The number of primary amides is 1. The molecule has 23 heavy (non-hydrogen) atoms. The number of hydrogen-bond acceptors (Lipinski definition) is 4. The van der Waals surface area contributed by atoms with Crippen LogP contribution in [0.5, 0.6) is 0 Å². The second-order valence-electron chi connectivity index (χ2n) is 6.04. The molecule has 1 amide bonds. The molecule has 0 saturated carbocycles. The SMILES string of the molecule is NC(=O)c1cccc2c1-n1nc(F)c(C3CCNCC3)c1C2O. The number of carbonyl (C=O) groups is 1. The highest BCUT2D eigenvalue weighted by molar-refractivity contribution is 5.97. The molecule has 2 aromatic rings. The van der Waals surface area contributed by atoms with E-state index in [1.807, 2.05) is 0 Å². The monoisotopic (exact) mass is 316 g/mol. The van der Waals surface area contributed by atoms with Crippen LogP contribution >= 0.6 is 0 Å². The van der Waals surface area contributed by atoms with Gasteiger partial charge in [-0.1, -0.05) is 12.1 Å². The van der Waals surface area contributed by atoms with Gasteiger partial charge < -0.3 is 16.2 Å². The van der Waals surface area contributed by atoms with Crippen LogP contribution in [0.1, 0.15) is 52.0 Å². The minimum absolute atomic E-state index is 0.0148. The van der Waals surface area contributed by atoms with Gasteiger partial charge in [0.15, 0.2) is 0 Å². The first-order valence-corrected chi connectivity index (χ1v) is 7.69. The predicted octanol–water partition coefficient (Wildman–Crippen LogP) is 0.972. The van der Waals surface area contributed by atoms with Crippen LogP contribution in [-0.4, -0.2) is 33.9 Å². The Morgan fingerprint density at radius 1 is 1.39 bits per heavy atom. The number of nitrogens with two attached hydrogens (primary N) is 1. The van der Waals surface area contributed by atoms with Gasteiger partial charge >= 0.3 is 0 Å².